The van der Waals surface area contributed by atoms with Gasteiger partial charge in [0.05, 0.1) is 4.90 Å². The van der Waals surface area contributed by atoms with E-state index in [0.717, 1.165) is 18.7 Å². The molecule has 1 aliphatic rings. The van der Waals surface area contributed by atoms with Crippen LogP contribution in [0.5, 0.6) is 0 Å². The second-order valence-corrected chi connectivity index (χ2v) is 8.48. The molecule has 1 heterocycles. The van der Waals surface area contributed by atoms with Crippen molar-refractivity contribution in [1.29, 1.82) is 0 Å². The Balaban J connectivity index is 1.76. The maximum atomic E-state index is 12.5. The molecular weight excluding hydrogens is 356 g/mol. The molecule has 0 aromatic heterocycles. The molecular formula is C19H23ClN2O2S. The molecule has 0 saturated carbocycles. The lowest BCUT2D eigenvalue weighted by molar-refractivity contribution is 0.450. The summed E-state index contributed by atoms with van der Waals surface area (Å²) in [5.74, 6) is 0. The molecule has 0 amide bonds. The van der Waals surface area contributed by atoms with Crippen LogP contribution in [-0.4, -0.2) is 21.0 Å². The molecule has 6 heteroatoms. The van der Waals surface area contributed by atoms with Gasteiger partial charge in [0.15, 0.2) is 0 Å². The molecule has 2 aromatic rings. The van der Waals surface area contributed by atoms with Crippen LogP contribution < -0.4 is 9.62 Å². The van der Waals surface area contributed by atoms with E-state index < -0.39 is 10.0 Å². The molecule has 1 N–H and O–H groups in total. The molecule has 4 nitrogen and oxygen atoms in total. The van der Waals surface area contributed by atoms with Crippen molar-refractivity contribution >= 4 is 33.0 Å². The average molecular weight is 379 g/mol. The molecule has 3 rings (SSSR count). The van der Waals surface area contributed by atoms with E-state index in [0.29, 0.717) is 16.8 Å². The third-order valence-electron chi connectivity index (χ3n) is 4.66. The van der Waals surface area contributed by atoms with Crippen LogP contribution in [0.3, 0.4) is 0 Å². The topological polar surface area (TPSA) is 49.4 Å². The van der Waals surface area contributed by atoms with Crippen LogP contribution in [0.25, 0.3) is 0 Å². The van der Waals surface area contributed by atoms with Crippen LogP contribution in [0.2, 0.25) is 5.02 Å². The Labute approximate surface area is 154 Å². The third-order valence-corrected chi connectivity index (χ3v) is 6.27. The number of rotatable bonds is 5. The molecule has 0 radical (unpaired) electrons. The number of hydrogen-bond donors (Lipinski definition) is 1. The van der Waals surface area contributed by atoms with Crippen LogP contribution in [0.1, 0.15) is 32.6 Å². The van der Waals surface area contributed by atoms with Gasteiger partial charge in [-0.3, -0.25) is 4.72 Å². The van der Waals surface area contributed by atoms with E-state index in [1.165, 1.54) is 31.4 Å². The van der Waals surface area contributed by atoms with E-state index in [2.05, 4.69) is 16.5 Å². The highest BCUT2D eigenvalue weighted by Gasteiger charge is 2.21. The first kappa shape index (κ1) is 18.1. The highest BCUT2D eigenvalue weighted by Crippen LogP contribution is 2.28. The number of piperidine rings is 1. The van der Waals surface area contributed by atoms with Crippen LogP contribution in [0, 0.1) is 0 Å². The summed E-state index contributed by atoms with van der Waals surface area (Å²) in [6.07, 6.45) is 4.84. The van der Waals surface area contributed by atoms with E-state index in [1.54, 1.807) is 12.1 Å². The third kappa shape index (κ3) is 4.28. The molecule has 25 heavy (non-hydrogen) atoms. The molecule has 1 fully saturated rings. The van der Waals surface area contributed by atoms with Crippen LogP contribution in [0.15, 0.2) is 53.4 Å². The maximum absolute atomic E-state index is 12.5. The fourth-order valence-corrected chi connectivity index (χ4v) is 4.69. The molecule has 0 spiro atoms. The largest absolute Gasteiger partial charge is 0.369 e. The normalized spacial score (nSPS) is 18.2. The summed E-state index contributed by atoms with van der Waals surface area (Å²) in [5.41, 5.74) is 1.70. The van der Waals surface area contributed by atoms with Gasteiger partial charge < -0.3 is 4.90 Å². The maximum Gasteiger partial charge on any atom is 0.261 e. The Bertz CT molecular complexity index is 822. The number of nitrogens with one attached hydrogen (secondary N) is 1. The SMILES string of the molecule is CCC1CCCCN1c1ccc(NS(=O)(=O)c2cccc(Cl)c2)cc1. The van der Waals surface area contributed by atoms with E-state index in [-0.39, 0.29) is 4.90 Å². The molecule has 1 atom stereocenters. The summed E-state index contributed by atoms with van der Waals surface area (Å²) in [6.45, 7) is 3.28. The van der Waals surface area contributed by atoms with E-state index >= 15 is 0 Å². The zero-order valence-electron chi connectivity index (χ0n) is 14.3. The summed E-state index contributed by atoms with van der Waals surface area (Å²) >= 11 is 5.89. The number of benzene rings is 2. The lowest BCUT2D eigenvalue weighted by atomic mass is 9.99. The van der Waals surface area contributed by atoms with Crippen molar-refractivity contribution in [3.8, 4) is 0 Å². The van der Waals surface area contributed by atoms with Crippen molar-refractivity contribution in [1.82, 2.24) is 0 Å². The number of sulfonamides is 1. The van der Waals surface area contributed by atoms with Crippen molar-refractivity contribution < 1.29 is 8.42 Å². The van der Waals surface area contributed by atoms with E-state index in [4.69, 9.17) is 11.6 Å². The minimum absolute atomic E-state index is 0.158. The highest BCUT2D eigenvalue weighted by atomic mass is 35.5. The van der Waals surface area contributed by atoms with Crippen LogP contribution in [0.4, 0.5) is 11.4 Å². The first-order valence-corrected chi connectivity index (χ1v) is 10.5. The Morgan fingerprint density at radius 1 is 1.16 bits per heavy atom. The quantitative estimate of drug-likeness (QED) is 0.804. The zero-order valence-corrected chi connectivity index (χ0v) is 15.9. The van der Waals surface area contributed by atoms with Gasteiger partial charge in [-0.1, -0.05) is 24.6 Å². The van der Waals surface area contributed by atoms with Crippen molar-refractivity contribution in [2.75, 3.05) is 16.2 Å². The minimum atomic E-state index is -3.64. The van der Waals surface area contributed by atoms with E-state index in [9.17, 15) is 8.42 Å². The van der Waals surface area contributed by atoms with Crippen molar-refractivity contribution in [2.24, 2.45) is 0 Å². The Hall–Kier alpha value is -1.72. The van der Waals surface area contributed by atoms with Gasteiger partial charge in [-0.25, -0.2) is 8.42 Å². The molecule has 1 aliphatic heterocycles. The summed E-state index contributed by atoms with van der Waals surface area (Å²) in [7, 11) is -3.64. The van der Waals surface area contributed by atoms with Crippen LogP contribution in [-0.2, 0) is 10.0 Å². The first-order chi connectivity index (χ1) is 12.0. The summed E-state index contributed by atoms with van der Waals surface area (Å²) in [6, 6.07) is 14.4. The van der Waals surface area contributed by atoms with Gasteiger partial charge in [-0.15, -0.1) is 0 Å². The standard InChI is InChI=1S/C19H23ClN2O2S/c1-2-17-7-3-4-13-22(17)18-11-9-16(10-12-18)21-25(23,24)19-8-5-6-15(20)14-19/h5-6,8-12,14,17,21H,2-4,7,13H2,1H3. The van der Waals surface area contributed by atoms with Crippen molar-refractivity contribution in [3.05, 3.63) is 53.6 Å². The van der Waals surface area contributed by atoms with Gasteiger partial charge in [0.25, 0.3) is 10.0 Å². The predicted octanol–water partition coefficient (Wildman–Crippen LogP) is 4.91. The van der Waals surface area contributed by atoms with E-state index in [1.807, 2.05) is 24.3 Å². The number of anilines is 2. The Kier molecular flexibility index (Phi) is 5.54. The minimum Gasteiger partial charge on any atom is -0.369 e. The Morgan fingerprint density at radius 3 is 2.60 bits per heavy atom. The number of halogens is 1. The first-order valence-electron chi connectivity index (χ1n) is 8.64. The van der Waals surface area contributed by atoms with Crippen molar-refractivity contribution in [2.45, 2.75) is 43.5 Å². The van der Waals surface area contributed by atoms with Gasteiger partial charge in [-0.05, 0) is 68.1 Å². The average Bonchev–Trinajstić information content (AvgIpc) is 2.62. The molecule has 1 saturated heterocycles. The molecule has 0 aliphatic carbocycles. The number of hydrogen-bond acceptors (Lipinski definition) is 3. The molecule has 1 unspecified atom stereocenters. The smallest absolute Gasteiger partial charge is 0.261 e. The molecule has 0 bridgehead atoms. The summed E-state index contributed by atoms with van der Waals surface area (Å²) < 4.78 is 27.5. The lowest BCUT2D eigenvalue weighted by Crippen LogP contribution is -2.39. The van der Waals surface area contributed by atoms with Gasteiger partial charge in [0.2, 0.25) is 0 Å². The Morgan fingerprint density at radius 2 is 1.92 bits per heavy atom. The lowest BCUT2D eigenvalue weighted by Gasteiger charge is -2.37. The number of nitrogens with zero attached hydrogens (tertiary/aromatic N) is 1. The monoisotopic (exact) mass is 378 g/mol. The molecule has 134 valence electrons. The highest BCUT2D eigenvalue weighted by molar-refractivity contribution is 7.92. The fourth-order valence-electron chi connectivity index (χ4n) is 3.33. The fraction of sp³-hybridized carbons (Fsp3) is 0.368. The zero-order chi connectivity index (χ0) is 17.9. The van der Waals surface area contributed by atoms with Crippen molar-refractivity contribution in [3.63, 3.8) is 0 Å². The van der Waals surface area contributed by atoms with Gasteiger partial charge in [-0.2, -0.15) is 0 Å². The molecule has 2 aromatic carbocycles. The van der Waals surface area contributed by atoms with Gasteiger partial charge in [0.1, 0.15) is 0 Å². The van der Waals surface area contributed by atoms with Gasteiger partial charge in [0, 0.05) is 29.0 Å². The summed E-state index contributed by atoms with van der Waals surface area (Å²) in [5, 5.41) is 0.397. The van der Waals surface area contributed by atoms with Crippen LogP contribution >= 0.6 is 11.6 Å². The second kappa shape index (κ2) is 7.67. The van der Waals surface area contributed by atoms with Gasteiger partial charge >= 0.3 is 0 Å². The second-order valence-electron chi connectivity index (χ2n) is 6.36. The summed E-state index contributed by atoms with van der Waals surface area (Å²) in [4.78, 5) is 2.59. The predicted molar refractivity (Wildman–Crippen MR) is 104 cm³/mol.